The van der Waals surface area contributed by atoms with E-state index in [0.29, 0.717) is 6.54 Å². The fraction of sp³-hybridized carbons (Fsp3) is 0.250. The first kappa shape index (κ1) is 13.4. The van der Waals surface area contributed by atoms with Crippen LogP contribution in [-0.2, 0) is 6.54 Å². The van der Waals surface area contributed by atoms with Crippen molar-refractivity contribution in [1.29, 1.82) is 0 Å². The molecule has 0 unspecified atom stereocenters. The van der Waals surface area contributed by atoms with E-state index in [1.54, 1.807) is 19.3 Å². The number of hydrogen-bond donors (Lipinski definition) is 2. The summed E-state index contributed by atoms with van der Waals surface area (Å²) in [6.45, 7) is 4.26. The molecule has 19 heavy (non-hydrogen) atoms. The molecule has 7 heteroatoms. The summed E-state index contributed by atoms with van der Waals surface area (Å²) in [5.41, 5.74) is 3.33. The fourth-order valence-corrected chi connectivity index (χ4v) is 1.97. The van der Waals surface area contributed by atoms with E-state index < -0.39 is 4.92 Å². The van der Waals surface area contributed by atoms with E-state index in [4.69, 9.17) is 11.6 Å². The van der Waals surface area contributed by atoms with Gasteiger partial charge in [-0.05, 0) is 25.5 Å². The Morgan fingerprint density at radius 2 is 2.21 bits per heavy atom. The molecule has 1 aromatic heterocycles. The number of benzene rings is 1. The number of imidazole rings is 1. The number of anilines is 1. The normalized spacial score (nSPS) is 10.5. The van der Waals surface area contributed by atoms with Gasteiger partial charge in [0, 0.05) is 17.4 Å². The van der Waals surface area contributed by atoms with Crippen molar-refractivity contribution >= 4 is 23.0 Å². The van der Waals surface area contributed by atoms with Crippen LogP contribution in [0.15, 0.2) is 18.5 Å². The molecule has 0 amide bonds. The number of aromatic amines is 1. The molecule has 100 valence electrons. The number of aryl methyl sites for hydroxylation is 2. The third-order valence-corrected chi connectivity index (χ3v) is 3.17. The van der Waals surface area contributed by atoms with E-state index in [-0.39, 0.29) is 10.7 Å². The Kier molecular flexibility index (Phi) is 3.71. The Balaban J connectivity index is 2.20. The molecule has 0 atom stereocenters. The van der Waals surface area contributed by atoms with Crippen molar-refractivity contribution in [2.45, 2.75) is 20.4 Å². The molecule has 1 aromatic carbocycles. The SMILES string of the molecule is Cc1cc([N+](=O)[O-])c(Cl)cc1NCc1nc[nH]c1C. The zero-order valence-electron chi connectivity index (χ0n) is 10.5. The summed E-state index contributed by atoms with van der Waals surface area (Å²) in [4.78, 5) is 17.4. The molecule has 0 fully saturated rings. The van der Waals surface area contributed by atoms with Crippen molar-refractivity contribution in [2.75, 3.05) is 5.32 Å². The smallest absolute Gasteiger partial charge is 0.288 e. The fourth-order valence-electron chi connectivity index (χ4n) is 1.74. The van der Waals surface area contributed by atoms with Crippen LogP contribution >= 0.6 is 11.6 Å². The lowest BCUT2D eigenvalue weighted by Gasteiger charge is -2.09. The zero-order valence-corrected chi connectivity index (χ0v) is 11.3. The summed E-state index contributed by atoms with van der Waals surface area (Å²) in [6, 6.07) is 3.03. The molecule has 0 aliphatic rings. The molecule has 2 rings (SSSR count). The van der Waals surface area contributed by atoms with Gasteiger partial charge in [0.05, 0.1) is 23.5 Å². The van der Waals surface area contributed by atoms with Gasteiger partial charge in [-0.2, -0.15) is 0 Å². The minimum absolute atomic E-state index is 0.0827. The van der Waals surface area contributed by atoms with Gasteiger partial charge in [-0.1, -0.05) is 11.6 Å². The van der Waals surface area contributed by atoms with Crippen LogP contribution in [0.1, 0.15) is 17.0 Å². The number of H-pyrrole nitrogens is 1. The summed E-state index contributed by atoms with van der Waals surface area (Å²) >= 11 is 5.88. The molecule has 0 spiro atoms. The number of nitro groups is 1. The zero-order chi connectivity index (χ0) is 14.0. The van der Waals surface area contributed by atoms with Crippen molar-refractivity contribution in [1.82, 2.24) is 9.97 Å². The highest BCUT2D eigenvalue weighted by molar-refractivity contribution is 6.33. The minimum atomic E-state index is -0.489. The number of rotatable bonds is 4. The predicted octanol–water partition coefficient (Wildman–Crippen LogP) is 3.20. The maximum Gasteiger partial charge on any atom is 0.288 e. The third-order valence-electron chi connectivity index (χ3n) is 2.87. The monoisotopic (exact) mass is 280 g/mol. The maximum absolute atomic E-state index is 10.8. The van der Waals surface area contributed by atoms with E-state index in [1.165, 1.54) is 6.07 Å². The topological polar surface area (TPSA) is 83.8 Å². The molecule has 0 aliphatic heterocycles. The molecule has 0 saturated carbocycles. The minimum Gasteiger partial charge on any atom is -0.379 e. The molecule has 0 aliphatic carbocycles. The van der Waals surface area contributed by atoms with Gasteiger partial charge in [0.2, 0.25) is 0 Å². The number of aromatic nitrogens is 2. The van der Waals surface area contributed by atoms with Crippen molar-refractivity contribution in [3.05, 3.63) is 50.5 Å². The summed E-state index contributed by atoms with van der Waals surface area (Å²) in [5.74, 6) is 0. The van der Waals surface area contributed by atoms with Crippen LogP contribution in [0.4, 0.5) is 11.4 Å². The van der Waals surface area contributed by atoms with Crippen LogP contribution in [-0.4, -0.2) is 14.9 Å². The lowest BCUT2D eigenvalue weighted by molar-refractivity contribution is -0.384. The summed E-state index contributed by atoms with van der Waals surface area (Å²) in [6.07, 6.45) is 1.63. The largest absolute Gasteiger partial charge is 0.379 e. The van der Waals surface area contributed by atoms with Gasteiger partial charge < -0.3 is 10.3 Å². The standard InChI is InChI=1S/C12H13ClN4O2/c1-7-3-12(17(18)19)9(13)4-10(7)14-5-11-8(2)15-6-16-11/h3-4,6,14H,5H2,1-2H3,(H,15,16). The lowest BCUT2D eigenvalue weighted by Crippen LogP contribution is -2.03. The highest BCUT2D eigenvalue weighted by Gasteiger charge is 2.15. The van der Waals surface area contributed by atoms with Crippen LogP contribution in [0.2, 0.25) is 5.02 Å². The Morgan fingerprint density at radius 1 is 1.47 bits per heavy atom. The maximum atomic E-state index is 10.8. The molecule has 0 saturated heterocycles. The van der Waals surface area contributed by atoms with Crippen LogP contribution in [0.25, 0.3) is 0 Å². The van der Waals surface area contributed by atoms with Crippen LogP contribution in [0.3, 0.4) is 0 Å². The van der Waals surface area contributed by atoms with Crippen LogP contribution < -0.4 is 5.32 Å². The van der Waals surface area contributed by atoms with Crippen molar-refractivity contribution in [2.24, 2.45) is 0 Å². The molecule has 0 radical (unpaired) electrons. The Hall–Kier alpha value is -2.08. The van der Waals surface area contributed by atoms with Crippen LogP contribution in [0, 0.1) is 24.0 Å². The van der Waals surface area contributed by atoms with Gasteiger partial charge >= 0.3 is 0 Å². The Bertz CT molecular complexity index is 624. The number of nitrogens with zero attached hydrogens (tertiary/aromatic N) is 2. The highest BCUT2D eigenvalue weighted by Crippen LogP contribution is 2.30. The summed E-state index contributed by atoms with van der Waals surface area (Å²) in [5, 5.41) is 14.1. The van der Waals surface area contributed by atoms with Crippen molar-refractivity contribution < 1.29 is 4.92 Å². The predicted molar refractivity (Wildman–Crippen MR) is 73.5 cm³/mol. The quantitative estimate of drug-likeness (QED) is 0.665. The third kappa shape index (κ3) is 2.85. The van der Waals surface area contributed by atoms with Crippen LogP contribution in [0.5, 0.6) is 0 Å². The van der Waals surface area contributed by atoms with Gasteiger partial charge in [-0.3, -0.25) is 10.1 Å². The lowest BCUT2D eigenvalue weighted by atomic mass is 10.1. The van der Waals surface area contributed by atoms with Crippen molar-refractivity contribution in [3.63, 3.8) is 0 Å². The average molecular weight is 281 g/mol. The molecule has 2 N–H and O–H groups in total. The summed E-state index contributed by atoms with van der Waals surface area (Å²) in [7, 11) is 0. The first-order valence-electron chi connectivity index (χ1n) is 5.66. The Labute approximate surface area is 115 Å². The molecule has 2 aromatic rings. The summed E-state index contributed by atoms with van der Waals surface area (Å²) < 4.78 is 0. The van der Waals surface area contributed by atoms with Gasteiger partial charge in [0.25, 0.3) is 5.69 Å². The highest BCUT2D eigenvalue weighted by atomic mass is 35.5. The van der Waals surface area contributed by atoms with E-state index >= 15 is 0 Å². The first-order chi connectivity index (χ1) is 8.99. The molecule has 0 bridgehead atoms. The van der Waals surface area contributed by atoms with Gasteiger partial charge in [-0.25, -0.2) is 4.98 Å². The van der Waals surface area contributed by atoms with Gasteiger partial charge in [-0.15, -0.1) is 0 Å². The first-order valence-corrected chi connectivity index (χ1v) is 6.04. The van der Waals surface area contributed by atoms with E-state index in [9.17, 15) is 10.1 Å². The number of nitrogens with one attached hydrogen (secondary N) is 2. The van der Waals surface area contributed by atoms with E-state index in [0.717, 1.165) is 22.6 Å². The van der Waals surface area contributed by atoms with E-state index in [2.05, 4.69) is 15.3 Å². The second-order valence-corrected chi connectivity index (χ2v) is 4.61. The van der Waals surface area contributed by atoms with Gasteiger partial charge in [0.15, 0.2) is 0 Å². The number of halogens is 1. The molecule has 1 heterocycles. The average Bonchev–Trinajstić information content (AvgIpc) is 2.75. The second kappa shape index (κ2) is 5.27. The number of nitro benzene ring substituents is 1. The Morgan fingerprint density at radius 3 is 2.79 bits per heavy atom. The van der Waals surface area contributed by atoms with E-state index in [1.807, 2.05) is 6.92 Å². The number of hydrogen-bond acceptors (Lipinski definition) is 4. The molecule has 6 nitrogen and oxygen atoms in total. The van der Waals surface area contributed by atoms with Crippen molar-refractivity contribution in [3.8, 4) is 0 Å². The van der Waals surface area contributed by atoms with Gasteiger partial charge in [0.1, 0.15) is 5.02 Å². The molecular formula is C12H13ClN4O2. The second-order valence-electron chi connectivity index (χ2n) is 4.20. The molecular weight excluding hydrogens is 268 g/mol.